The first-order chi connectivity index (χ1) is 26.7. The summed E-state index contributed by atoms with van der Waals surface area (Å²) in [6.45, 7) is 0. The number of hydrogen-bond acceptors (Lipinski definition) is 2. The summed E-state index contributed by atoms with van der Waals surface area (Å²) in [7, 11) is 0. The maximum Gasteiger partial charge on any atom is 0.0991 e. The standard InChI is InChI=1S/C50H30N4/c51-31-33-21-25-37(26-22-33)53-48-27-23-34(32-52)29-45(48)46-30-35(24-28-49(46)53)38-13-4-5-14-39(38)40-15-6-7-16-41(40)43-18-10-19-44-42-17-8-9-20-47(42)54(50(43)44)36-11-2-1-3-12-36/h1-30H. The Morgan fingerprint density at radius 3 is 1.59 bits per heavy atom. The van der Waals surface area contributed by atoms with Crippen LogP contribution >= 0.6 is 0 Å². The number of rotatable bonds is 5. The Hall–Kier alpha value is -7.66. The fourth-order valence-corrected chi connectivity index (χ4v) is 8.23. The van der Waals surface area contributed by atoms with Crippen LogP contribution in [0.3, 0.4) is 0 Å². The van der Waals surface area contributed by atoms with E-state index < -0.39 is 0 Å². The molecule has 0 saturated heterocycles. The number of fused-ring (bicyclic) bond motifs is 6. The lowest BCUT2D eigenvalue weighted by atomic mass is 9.88. The summed E-state index contributed by atoms with van der Waals surface area (Å²) in [5, 5.41) is 23.8. The number of hydrogen-bond donors (Lipinski definition) is 0. The molecule has 2 aromatic heterocycles. The Kier molecular flexibility index (Phi) is 7.22. The van der Waals surface area contributed by atoms with Crippen molar-refractivity contribution >= 4 is 43.6 Å². The molecule has 250 valence electrons. The molecule has 0 unspecified atom stereocenters. The highest BCUT2D eigenvalue weighted by Crippen LogP contribution is 2.44. The van der Waals surface area contributed by atoms with Gasteiger partial charge in [-0.1, -0.05) is 109 Å². The Balaban J connectivity index is 1.20. The van der Waals surface area contributed by atoms with Gasteiger partial charge in [0.2, 0.25) is 0 Å². The molecule has 8 aromatic carbocycles. The molecule has 2 heterocycles. The topological polar surface area (TPSA) is 57.4 Å². The van der Waals surface area contributed by atoms with E-state index in [1.807, 2.05) is 42.5 Å². The molecule has 10 aromatic rings. The zero-order chi connectivity index (χ0) is 36.2. The molecule has 0 saturated carbocycles. The normalized spacial score (nSPS) is 11.3. The van der Waals surface area contributed by atoms with E-state index in [4.69, 9.17) is 0 Å². The molecule has 54 heavy (non-hydrogen) atoms. The summed E-state index contributed by atoms with van der Waals surface area (Å²) in [6.07, 6.45) is 0. The molecule has 0 aliphatic carbocycles. The predicted octanol–water partition coefficient (Wildman–Crippen LogP) is 12.6. The van der Waals surface area contributed by atoms with E-state index in [-0.39, 0.29) is 0 Å². The third-order valence-corrected chi connectivity index (χ3v) is 10.6. The molecule has 4 heteroatoms. The van der Waals surface area contributed by atoms with Crippen molar-refractivity contribution < 1.29 is 0 Å². The van der Waals surface area contributed by atoms with Gasteiger partial charge in [0.05, 0.1) is 45.3 Å². The average Bonchev–Trinajstić information content (AvgIpc) is 3.76. The molecule has 0 atom stereocenters. The highest BCUT2D eigenvalue weighted by atomic mass is 15.0. The molecule has 0 amide bonds. The molecule has 0 spiro atoms. The molecule has 0 fully saturated rings. The average molecular weight is 687 g/mol. The van der Waals surface area contributed by atoms with E-state index in [1.165, 1.54) is 27.4 Å². The Morgan fingerprint density at radius 2 is 0.852 bits per heavy atom. The first-order valence-electron chi connectivity index (χ1n) is 18.0. The van der Waals surface area contributed by atoms with Crippen molar-refractivity contribution in [1.29, 1.82) is 10.5 Å². The number of benzene rings is 8. The fourth-order valence-electron chi connectivity index (χ4n) is 8.23. The minimum Gasteiger partial charge on any atom is -0.309 e. The first kappa shape index (κ1) is 31.1. The van der Waals surface area contributed by atoms with Crippen LogP contribution < -0.4 is 0 Å². The van der Waals surface area contributed by atoms with Crippen molar-refractivity contribution in [2.75, 3.05) is 0 Å². The van der Waals surface area contributed by atoms with Gasteiger partial charge in [-0.2, -0.15) is 10.5 Å². The molecule has 4 nitrogen and oxygen atoms in total. The van der Waals surface area contributed by atoms with Crippen molar-refractivity contribution in [1.82, 2.24) is 9.13 Å². The van der Waals surface area contributed by atoms with E-state index in [9.17, 15) is 10.5 Å². The molecule has 0 aliphatic rings. The second-order valence-corrected chi connectivity index (χ2v) is 13.6. The van der Waals surface area contributed by atoms with Gasteiger partial charge >= 0.3 is 0 Å². The third-order valence-electron chi connectivity index (χ3n) is 10.6. The summed E-state index contributed by atoms with van der Waals surface area (Å²) in [6, 6.07) is 68.0. The largest absolute Gasteiger partial charge is 0.309 e. The summed E-state index contributed by atoms with van der Waals surface area (Å²) >= 11 is 0. The summed E-state index contributed by atoms with van der Waals surface area (Å²) in [5.74, 6) is 0. The van der Waals surface area contributed by atoms with Crippen LogP contribution in [-0.2, 0) is 0 Å². The maximum absolute atomic E-state index is 9.87. The van der Waals surface area contributed by atoms with Crippen LogP contribution in [0.15, 0.2) is 182 Å². The lowest BCUT2D eigenvalue weighted by Gasteiger charge is -2.17. The highest BCUT2D eigenvalue weighted by Gasteiger charge is 2.20. The number of para-hydroxylation sites is 3. The molecular formula is C50H30N4. The lowest BCUT2D eigenvalue weighted by Crippen LogP contribution is -1.96. The van der Waals surface area contributed by atoms with Gasteiger partial charge in [0.25, 0.3) is 0 Å². The quantitative estimate of drug-likeness (QED) is 0.181. The monoisotopic (exact) mass is 686 g/mol. The predicted molar refractivity (Wildman–Crippen MR) is 221 cm³/mol. The van der Waals surface area contributed by atoms with E-state index in [0.29, 0.717) is 11.1 Å². The molecular weight excluding hydrogens is 657 g/mol. The van der Waals surface area contributed by atoms with Gasteiger partial charge in [0, 0.05) is 38.5 Å². The van der Waals surface area contributed by atoms with Crippen LogP contribution in [0.2, 0.25) is 0 Å². The van der Waals surface area contributed by atoms with E-state index in [1.54, 1.807) is 0 Å². The number of aromatic nitrogens is 2. The second-order valence-electron chi connectivity index (χ2n) is 13.6. The van der Waals surface area contributed by atoms with Crippen LogP contribution in [0, 0.1) is 22.7 Å². The molecule has 0 N–H and O–H groups in total. The second kappa shape index (κ2) is 12.5. The van der Waals surface area contributed by atoms with Crippen molar-refractivity contribution in [2.45, 2.75) is 0 Å². The van der Waals surface area contributed by atoms with Gasteiger partial charge in [-0.25, -0.2) is 0 Å². The van der Waals surface area contributed by atoms with Crippen LogP contribution in [0.4, 0.5) is 0 Å². The number of nitrogens with zero attached hydrogens (tertiary/aromatic N) is 4. The molecule has 0 radical (unpaired) electrons. The molecule has 0 bridgehead atoms. The van der Waals surface area contributed by atoms with Crippen LogP contribution in [0.25, 0.3) is 88.4 Å². The van der Waals surface area contributed by atoms with Crippen molar-refractivity contribution in [3.8, 4) is 56.9 Å². The van der Waals surface area contributed by atoms with Crippen molar-refractivity contribution in [3.63, 3.8) is 0 Å². The zero-order valence-electron chi connectivity index (χ0n) is 29.1. The van der Waals surface area contributed by atoms with Gasteiger partial charge in [0.15, 0.2) is 0 Å². The van der Waals surface area contributed by atoms with Crippen molar-refractivity contribution in [3.05, 3.63) is 193 Å². The van der Waals surface area contributed by atoms with Gasteiger partial charge in [-0.15, -0.1) is 0 Å². The van der Waals surface area contributed by atoms with Gasteiger partial charge in [-0.3, -0.25) is 0 Å². The SMILES string of the molecule is N#Cc1ccc(-n2c3ccc(C#N)cc3c3cc(-c4ccccc4-c4ccccc4-c4cccc5c6ccccc6n(-c6ccccc6)c45)ccc32)cc1. The molecule has 10 rings (SSSR count). The minimum absolute atomic E-state index is 0.614. The molecule has 0 aliphatic heterocycles. The van der Waals surface area contributed by atoms with Crippen LogP contribution in [0.1, 0.15) is 11.1 Å². The Labute approximate surface area is 312 Å². The van der Waals surface area contributed by atoms with Crippen LogP contribution in [0.5, 0.6) is 0 Å². The Morgan fingerprint density at radius 1 is 0.333 bits per heavy atom. The minimum atomic E-state index is 0.614. The van der Waals surface area contributed by atoms with Gasteiger partial charge < -0.3 is 9.13 Å². The smallest absolute Gasteiger partial charge is 0.0991 e. The van der Waals surface area contributed by atoms with E-state index >= 15 is 0 Å². The van der Waals surface area contributed by atoms with Crippen molar-refractivity contribution in [2.24, 2.45) is 0 Å². The van der Waals surface area contributed by atoms with Gasteiger partial charge in [-0.05, 0) is 101 Å². The van der Waals surface area contributed by atoms with Crippen LogP contribution in [-0.4, -0.2) is 9.13 Å². The fraction of sp³-hybridized carbons (Fsp3) is 0. The van der Waals surface area contributed by atoms with E-state index in [0.717, 1.165) is 61.0 Å². The highest BCUT2D eigenvalue weighted by molar-refractivity contribution is 6.15. The number of nitriles is 2. The summed E-state index contributed by atoms with van der Waals surface area (Å²) in [5.41, 5.74) is 14.5. The summed E-state index contributed by atoms with van der Waals surface area (Å²) < 4.78 is 4.61. The van der Waals surface area contributed by atoms with E-state index in [2.05, 4.69) is 161 Å². The Bertz CT molecular complexity index is 3170. The first-order valence-corrected chi connectivity index (χ1v) is 18.0. The zero-order valence-corrected chi connectivity index (χ0v) is 29.1. The van der Waals surface area contributed by atoms with Gasteiger partial charge in [0.1, 0.15) is 0 Å². The summed E-state index contributed by atoms with van der Waals surface area (Å²) in [4.78, 5) is 0. The lowest BCUT2D eigenvalue weighted by molar-refractivity contribution is 1.18. The maximum atomic E-state index is 9.87. The third kappa shape index (κ3) is 4.83.